The Morgan fingerprint density at radius 3 is 2.09 bits per heavy atom. The van der Waals surface area contributed by atoms with Crippen LogP contribution >= 0.6 is 23.2 Å². The third kappa shape index (κ3) is 6.23. The van der Waals surface area contributed by atoms with Crippen LogP contribution in [0.2, 0.25) is 10.0 Å². The first-order valence-electron chi connectivity index (χ1n) is 12.6. The number of hydrogen-bond acceptors (Lipinski definition) is 7. The van der Waals surface area contributed by atoms with Crippen LogP contribution in [-0.4, -0.2) is 40.9 Å². The Kier molecular flexibility index (Phi) is 8.47. The van der Waals surface area contributed by atoms with Gasteiger partial charge in [0, 0.05) is 17.5 Å². The quantitative estimate of drug-likeness (QED) is 0.109. The van der Waals surface area contributed by atoms with Crippen molar-refractivity contribution < 1.29 is 42.5 Å². The predicted octanol–water partition coefficient (Wildman–Crippen LogP) is 5.72. The number of amides is 2. The maximum absolute atomic E-state index is 13.3. The summed E-state index contributed by atoms with van der Waals surface area (Å²) >= 11 is 12.6. The van der Waals surface area contributed by atoms with Crippen molar-refractivity contribution in [2.75, 3.05) is 6.54 Å². The van der Waals surface area contributed by atoms with Crippen molar-refractivity contribution in [3.63, 3.8) is 0 Å². The third-order valence-corrected chi connectivity index (χ3v) is 7.33. The molecule has 1 aliphatic heterocycles. The van der Waals surface area contributed by atoms with Gasteiger partial charge in [0.2, 0.25) is 0 Å². The molecule has 9 nitrogen and oxygen atoms in total. The van der Waals surface area contributed by atoms with Crippen LogP contribution in [0.3, 0.4) is 0 Å². The zero-order chi connectivity index (χ0) is 30.8. The maximum Gasteiger partial charge on any atom is 0.387 e. The van der Waals surface area contributed by atoms with Gasteiger partial charge in [0.25, 0.3) is 11.8 Å². The monoisotopic (exact) mass is 628 g/mol. The summed E-state index contributed by atoms with van der Waals surface area (Å²) in [6.45, 7) is -3.84. The molecular formula is C30H20Cl2F2N2O7. The van der Waals surface area contributed by atoms with Crippen molar-refractivity contribution in [3.05, 3.63) is 117 Å². The number of carbonyl (C=O) groups excluding carboxylic acids is 3. The fourth-order valence-corrected chi connectivity index (χ4v) is 5.35. The Balaban J connectivity index is 1.50. The van der Waals surface area contributed by atoms with Gasteiger partial charge >= 0.3 is 12.6 Å². The molecule has 1 N–H and O–H groups in total. The molecule has 220 valence electrons. The number of phenols is 1. The number of phenolic OH excluding ortho intramolecular Hbond substituents is 1. The predicted molar refractivity (Wildman–Crippen MR) is 150 cm³/mol. The topological polar surface area (TPSA) is 120 Å². The van der Waals surface area contributed by atoms with Gasteiger partial charge in [-0.25, -0.2) is 0 Å². The first-order valence-corrected chi connectivity index (χ1v) is 13.4. The van der Waals surface area contributed by atoms with Gasteiger partial charge in [-0.15, -0.1) is 0 Å². The zero-order valence-corrected chi connectivity index (χ0v) is 23.4. The van der Waals surface area contributed by atoms with Gasteiger partial charge in [-0.3, -0.25) is 19.3 Å². The Labute approximate surface area is 253 Å². The number of benzene rings is 3. The average Bonchev–Trinajstić information content (AvgIpc) is 3.20. The summed E-state index contributed by atoms with van der Waals surface area (Å²) < 4.78 is 36.0. The standard InChI is InChI=1S/C30H20Cl2F2N2O7/c31-22-13-35(41)14-23(32)21(22)12-26(42-27(38)15-36-28(39)19-7-3-4-8-20(19)29(36)40)18-6-2-1-5-17(18)16-9-10-25(24(37)11-16)43-30(33)34/h1-11,13-14,26,30,37H,12,15H2/t26-/m0/s1. The lowest BCUT2D eigenvalue weighted by Crippen LogP contribution is -2.36. The fourth-order valence-electron chi connectivity index (χ4n) is 4.76. The van der Waals surface area contributed by atoms with Crippen molar-refractivity contribution >= 4 is 41.0 Å². The summed E-state index contributed by atoms with van der Waals surface area (Å²) in [7, 11) is 0. The first kappa shape index (κ1) is 29.7. The summed E-state index contributed by atoms with van der Waals surface area (Å²) in [5, 5.41) is 22.1. The highest BCUT2D eigenvalue weighted by Gasteiger charge is 2.37. The lowest BCUT2D eigenvalue weighted by molar-refractivity contribution is -0.605. The van der Waals surface area contributed by atoms with E-state index in [1.165, 1.54) is 24.3 Å². The molecule has 0 spiro atoms. The van der Waals surface area contributed by atoms with E-state index in [0.717, 1.165) is 23.4 Å². The molecule has 4 aromatic rings. The van der Waals surface area contributed by atoms with Crippen LogP contribution in [0.4, 0.5) is 8.78 Å². The van der Waals surface area contributed by atoms with E-state index < -0.39 is 48.5 Å². The molecular weight excluding hydrogens is 609 g/mol. The summed E-state index contributed by atoms with van der Waals surface area (Å²) in [5.41, 5.74) is 1.77. The average molecular weight is 629 g/mol. The number of fused-ring (bicyclic) bond motifs is 1. The van der Waals surface area contributed by atoms with Gasteiger partial charge in [0.05, 0.1) is 11.1 Å². The van der Waals surface area contributed by atoms with Crippen LogP contribution in [0.15, 0.2) is 79.1 Å². The van der Waals surface area contributed by atoms with Gasteiger partial charge in [-0.1, -0.05) is 65.7 Å². The van der Waals surface area contributed by atoms with Gasteiger partial charge in [-0.2, -0.15) is 13.5 Å². The van der Waals surface area contributed by atoms with E-state index in [0.29, 0.717) is 21.4 Å². The maximum atomic E-state index is 13.3. The second-order valence-electron chi connectivity index (χ2n) is 9.37. The van der Waals surface area contributed by atoms with E-state index in [2.05, 4.69) is 4.74 Å². The normalized spacial score (nSPS) is 13.3. The summed E-state index contributed by atoms with van der Waals surface area (Å²) in [5.74, 6) is -3.22. The largest absolute Gasteiger partial charge is 0.619 e. The highest BCUT2D eigenvalue weighted by molar-refractivity contribution is 6.35. The SMILES string of the molecule is O=C(CN1C(=O)c2ccccc2C1=O)O[C@@H](Cc1c(Cl)c[n+]([O-])cc1Cl)c1ccccc1-c1ccc(OC(F)F)c(O)c1. The third-order valence-electron chi connectivity index (χ3n) is 6.68. The molecule has 43 heavy (non-hydrogen) atoms. The number of alkyl halides is 2. The number of aromatic hydroxyl groups is 1. The summed E-state index contributed by atoms with van der Waals surface area (Å²) in [4.78, 5) is 39.7. The minimum absolute atomic E-state index is 0.00692. The molecule has 0 saturated carbocycles. The zero-order valence-electron chi connectivity index (χ0n) is 21.9. The number of rotatable bonds is 9. The molecule has 0 fully saturated rings. The Morgan fingerprint density at radius 1 is 0.930 bits per heavy atom. The van der Waals surface area contributed by atoms with Crippen LogP contribution in [-0.2, 0) is 16.0 Å². The molecule has 0 radical (unpaired) electrons. The molecule has 2 heterocycles. The molecule has 0 unspecified atom stereocenters. The molecule has 1 aromatic heterocycles. The van der Waals surface area contributed by atoms with Crippen LogP contribution in [0, 0.1) is 5.21 Å². The number of imide groups is 1. The highest BCUT2D eigenvalue weighted by atomic mass is 35.5. The van der Waals surface area contributed by atoms with Crippen molar-refractivity contribution in [3.8, 4) is 22.6 Å². The smallest absolute Gasteiger partial charge is 0.387 e. The molecule has 2 amide bonds. The number of esters is 1. The molecule has 0 bridgehead atoms. The second-order valence-corrected chi connectivity index (χ2v) is 10.2. The number of ether oxygens (including phenoxy) is 2. The van der Waals surface area contributed by atoms with Crippen LogP contribution in [0.25, 0.3) is 11.1 Å². The van der Waals surface area contributed by atoms with Crippen LogP contribution < -0.4 is 9.47 Å². The van der Waals surface area contributed by atoms with Crippen LogP contribution in [0.1, 0.15) is 37.9 Å². The van der Waals surface area contributed by atoms with Crippen LogP contribution in [0.5, 0.6) is 11.5 Å². The van der Waals surface area contributed by atoms with E-state index in [1.807, 2.05) is 0 Å². The molecule has 0 saturated heterocycles. The summed E-state index contributed by atoms with van der Waals surface area (Å²) in [6, 6.07) is 16.5. The molecule has 13 heteroatoms. The van der Waals surface area contributed by atoms with Gasteiger partial charge in [0.1, 0.15) is 22.7 Å². The Bertz CT molecular complexity index is 1690. The number of nitrogens with zero attached hydrogens (tertiary/aromatic N) is 2. The minimum Gasteiger partial charge on any atom is -0.619 e. The molecule has 1 atom stereocenters. The number of pyridine rings is 1. The summed E-state index contributed by atoms with van der Waals surface area (Å²) in [6.07, 6.45) is 0.871. The number of hydrogen-bond donors (Lipinski definition) is 1. The fraction of sp³-hybridized carbons (Fsp3) is 0.133. The molecule has 0 aliphatic carbocycles. The highest BCUT2D eigenvalue weighted by Crippen LogP contribution is 2.38. The molecule has 3 aromatic carbocycles. The minimum atomic E-state index is -3.15. The van der Waals surface area contributed by atoms with E-state index in [9.17, 15) is 33.5 Å². The van der Waals surface area contributed by atoms with Crippen molar-refractivity contribution in [1.82, 2.24) is 4.90 Å². The molecule has 5 rings (SSSR count). The first-order chi connectivity index (χ1) is 20.5. The Morgan fingerprint density at radius 2 is 1.51 bits per heavy atom. The van der Waals surface area contributed by atoms with E-state index in [-0.39, 0.29) is 33.2 Å². The van der Waals surface area contributed by atoms with Crippen molar-refractivity contribution in [2.24, 2.45) is 0 Å². The van der Waals surface area contributed by atoms with Gasteiger partial charge in [-0.05, 0) is 35.4 Å². The lowest BCUT2D eigenvalue weighted by Gasteiger charge is -2.23. The van der Waals surface area contributed by atoms with Crippen molar-refractivity contribution in [1.29, 1.82) is 0 Å². The lowest BCUT2D eigenvalue weighted by atomic mass is 9.93. The number of halogens is 4. The van der Waals surface area contributed by atoms with E-state index in [4.69, 9.17) is 27.9 Å². The molecule has 1 aliphatic rings. The van der Waals surface area contributed by atoms with Gasteiger partial charge < -0.3 is 19.8 Å². The number of carbonyl (C=O) groups is 3. The van der Waals surface area contributed by atoms with E-state index >= 15 is 0 Å². The van der Waals surface area contributed by atoms with Crippen molar-refractivity contribution in [2.45, 2.75) is 19.1 Å². The van der Waals surface area contributed by atoms with E-state index in [1.54, 1.807) is 36.4 Å². The van der Waals surface area contributed by atoms with Gasteiger partial charge in [0.15, 0.2) is 23.9 Å². The number of aromatic nitrogens is 1. The Hall–Kier alpha value is -4.74. The second kappa shape index (κ2) is 12.2.